The van der Waals surface area contributed by atoms with Gasteiger partial charge in [0.05, 0.1) is 7.11 Å². The largest absolute Gasteiger partial charge is 0.467 e. The number of nitrogens with zero attached hydrogens (tertiary/aromatic N) is 1. The summed E-state index contributed by atoms with van der Waals surface area (Å²) in [5, 5.41) is 0. The van der Waals surface area contributed by atoms with Gasteiger partial charge in [0.2, 0.25) is 0 Å². The minimum absolute atomic E-state index is 0.152. The number of hydrogen-bond donors (Lipinski definition) is 0. The summed E-state index contributed by atoms with van der Waals surface area (Å²) >= 11 is 0. The summed E-state index contributed by atoms with van der Waals surface area (Å²) in [6.45, 7) is 4.04. The molecule has 1 amide bonds. The summed E-state index contributed by atoms with van der Waals surface area (Å²) in [4.78, 5) is 25.5. The normalized spacial score (nSPS) is 17.8. The number of carbonyl (C=O) groups excluding carboxylic acids is 2. The number of allylic oxidation sites excluding steroid dienone is 1. The van der Waals surface area contributed by atoms with Gasteiger partial charge in [0.25, 0.3) is 0 Å². The van der Waals surface area contributed by atoms with Gasteiger partial charge >= 0.3 is 12.1 Å². The van der Waals surface area contributed by atoms with E-state index in [0.717, 1.165) is 11.1 Å². The molecule has 0 N–H and O–H groups in total. The molecular weight excluding hydrogens is 282 g/mol. The third-order valence-electron chi connectivity index (χ3n) is 3.38. The summed E-state index contributed by atoms with van der Waals surface area (Å²) in [6, 6.07) is 8.63. The van der Waals surface area contributed by atoms with Crippen LogP contribution in [0.25, 0.3) is 0 Å². The number of methoxy groups -OCH3 is 1. The lowest BCUT2D eigenvalue weighted by Crippen LogP contribution is -2.42. The van der Waals surface area contributed by atoms with Crippen molar-refractivity contribution in [2.24, 2.45) is 0 Å². The van der Waals surface area contributed by atoms with E-state index >= 15 is 0 Å². The molecule has 1 atom stereocenters. The third kappa shape index (κ3) is 3.97. The molecule has 1 aliphatic heterocycles. The van der Waals surface area contributed by atoms with Gasteiger partial charge in [0, 0.05) is 12.6 Å². The van der Waals surface area contributed by atoms with Crippen molar-refractivity contribution in [1.29, 1.82) is 0 Å². The number of esters is 1. The summed E-state index contributed by atoms with van der Waals surface area (Å²) in [6.07, 6.45) is 3.75. The van der Waals surface area contributed by atoms with Crippen LogP contribution in [-0.4, -0.2) is 30.1 Å². The zero-order valence-corrected chi connectivity index (χ0v) is 12.5. The van der Waals surface area contributed by atoms with E-state index in [0.29, 0.717) is 12.8 Å². The molecule has 1 aliphatic rings. The maximum Gasteiger partial charge on any atom is 0.414 e. The van der Waals surface area contributed by atoms with Gasteiger partial charge in [0.1, 0.15) is 12.6 Å². The summed E-state index contributed by atoms with van der Waals surface area (Å²) in [5.41, 5.74) is 1.75. The molecule has 0 radical (unpaired) electrons. The topological polar surface area (TPSA) is 55.8 Å². The maximum absolute atomic E-state index is 12.3. The Labute approximate surface area is 129 Å². The van der Waals surface area contributed by atoms with E-state index < -0.39 is 18.1 Å². The average molecular weight is 301 g/mol. The summed E-state index contributed by atoms with van der Waals surface area (Å²) in [7, 11) is 1.30. The molecule has 116 valence electrons. The molecule has 1 aromatic rings. The smallest absolute Gasteiger partial charge is 0.414 e. The van der Waals surface area contributed by atoms with E-state index in [2.05, 4.69) is 6.58 Å². The minimum atomic E-state index is -0.737. The predicted octanol–water partition coefficient (Wildman–Crippen LogP) is 3.03. The molecule has 0 aromatic heterocycles. The van der Waals surface area contributed by atoms with E-state index in [1.54, 1.807) is 12.3 Å². The van der Waals surface area contributed by atoms with Crippen molar-refractivity contribution < 1.29 is 19.1 Å². The fraction of sp³-hybridized carbons (Fsp3) is 0.294. The molecular formula is C17H19NO4. The van der Waals surface area contributed by atoms with Gasteiger partial charge in [-0.1, -0.05) is 48.6 Å². The van der Waals surface area contributed by atoms with Crippen LogP contribution < -0.4 is 0 Å². The molecule has 0 saturated heterocycles. The Morgan fingerprint density at radius 3 is 2.73 bits per heavy atom. The van der Waals surface area contributed by atoms with Crippen molar-refractivity contribution in [1.82, 2.24) is 4.90 Å². The highest BCUT2D eigenvalue weighted by Gasteiger charge is 2.32. The molecule has 0 aliphatic carbocycles. The zero-order chi connectivity index (χ0) is 15.9. The van der Waals surface area contributed by atoms with E-state index in [9.17, 15) is 9.59 Å². The first kappa shape index (κ1) is 15.8. The van der Waals surface area contributed by atoms with Crippen LogP contribution in [0.4, 0.5) is 4.79 Å². The highest BCUT2D eigenvalue weighted by atomic mass is 16.6. The van der Waals surface area contributed by atoms with E-state index in [-0.39, 0.29) is 6.61 Å². The Balaban J connectivity index is 2.07. The molecule has 0 bridgehead atoms. The first-order valence-electron chi connectivity index (χ1n) is 7.02. The van der Waals surface area contributed by atoms with Gasteiger partial charge in [-0.25, -0.2) is 9.59 Å². The second kappa shape index (κ2) is 7.45. The monoisotopic (exact) mass is 301 g/mol. The van der Waals surface area contributed by atoms with Crippen LogP contribution in [0.15, 0.2) is 54.8 Å². The molecule has 0 spiro atoms. The molecule has 1 unspecified atom stereocenters. The van der Waals surface area contributed by atoms with Gasteiger partial charge in [-0.3, -0.25) is 4.90 Å². The van der Waals surface area contributed by atoms with Gasteiger partial charge in [-0.2, -0.15) is 0 Å². The Kier molecular flexibility index (Phi) is 5.36. The fourth-order valence-electron chi connectivity index (χ4n) is 2.21. The Bertz CT molecular complexity index is 580. The molecule has 5 heteroatoms. The number of amides is 1. The molecule has 1 aromatic carbocycles. The molecule has 5 nitrogen and oxygen atoms in total. The number of benzene rings is 1. The van der Waals surface area contributed by atoms with Crippen LogP contribution >= 0.6 is 0 Å². The number of ether oxygens (including phenoxy) is 2. The van der Waals surface area contributed by atoms with Crippen molar-refractivity contribution in [3.8, 4) is 0 Å². The maximum atomic E-state index is 12.3. The average Bonchev–Trinajstić information content (AvgIpc) is 2.74. The van der Waals surface area contributed by atoms with Gasteiger partial charge in [-0.15, -0.1) is 0 Å². The lowest BCUT2D eigenvalue weighted by molar-refractivity contribution is -0.145. The van der Waals surface area contributed by atoms with E-state index in [1.807, 2.05) is 30.3 Å². The first-order chi connectivity index (χ1) is 10.6. The van der Waals surface area contributed by atoms with Crippen molar-refractivity contribution in [2.45, 2.75) is 25.5 Å². The Hall–Kier alpha value is -2.56. The first-order valence-corrected chi connectivity index (χ1v) is 7.02. The number of carbonyl (C=O) groups is 2. The second-order valence-corrected chi connectivity index (χ2v) is 5.03. The van der Waals surface area contributed by atoms with E-state index in [1.165, 1.54) is 12.0 Å². The van der Waals surface area contributed by atoms with Crippen molar-refractivity contribution >= 4 is 12.1 Å². The fourth-order valence-corrected chi connectivity index (χ4v) is 2.21. The van der Waals surface area contributed by atoms with Gasteiger partial charge in [0.15, 0.2) is 0 Å². The van der Waals surface area contributed by atoms with Crippen LogP contribution in [0.2, 0.25) is 0 Å². The third-order valence-corrected chi connectivity index (χ3v) is 3.38. The zero-order valence-electron chi connectivity index (χ0n) is 12.5. The quantitative estimate of drug-likeness (QED) is 0.636. The minimum Gasteiger partial charge on any atom is -0.467 e. The van der Waals surface area contributed by atoms with Crippen LogP contribution in [0.5, 0.6) is 0 Å². The standard InChI is InChI=1S/C17H19NO4/c1-13-7-6-10-18(15(11-13)16(19)21-2)17(20)22-12-14-8-4-3-5-9-14/h3-6,8-10,15H,1,7,11-12H2,2H3. The van der Waals surface area contributed by atoms with Crippen LogP contribution in [0.3, 0.4) is 0 Å². The summed E-state index contributed by atoms with van der Waals surface area (Å²) in [5.74, 6) is -0.482. The Morgan fingerprint density at radius 2 is 2.05 bits per heavy atom. The summed E-state index contributed by atoms with van der Waals surface area (Å²) < 4.78 is 10.1. The van der Waals surface area contributed by atoms with Crippen molar-refractivity contribution in [2.75, 3.05) is 7.11 Å². The highest BCUT2D eigenvalue weighted by molar-refractivity contribution is 5.82. The van der Waals surface area contributed by atoms with Crippen molar-refractivity contribution in [3.63, 3.8) is 0 Å². The Morgan fingerprint density at radius 1 is 1.32 bits per heavy atom. The number of rotatable bonds is 3. The van der Waals surface area contributed by atoms with Crippen LogP contribution in [-0.2, 0) is 20.9 Å². The van der Waals surface area contributed by atoms with Gasteiger partial charge < -0.3 is 9.47 Å². The van der Waals surface area contributed by atoms with Crippen LogP contribution in [0.1, 0.15) is 18.4 Å². The molecule has 2 rings (SSSR count). The van der Waals surface area contributed by atoms with E-state index in [4.69, 9.17) is 9.47 Å². The van der Waals surface area contributed by atoms with Crippen molar-refractivity contribution in [3.05, 3.63) is 60.3 Å². The lowest BCUT2D eigenvalue weighted by atomic mass is 10.1. The SMILES string of the molecule is C=C1CC=CN(C(=O)OCc2ccccc2)C(C(=O)OC)C1. The highest BCUT2D eigenvalue weighted by Crippen LogP contribution is 2.21. The van der Waals surface area contributed by atoms with Crippen LogP contribution in [0, 0.1) is 0 Å². The second-order valence-electron chi connectivity index (χ2n) is 5.03. The number of hydrogen-bond acceptors (Lipinski definition) is 4. The molecule has 0 saturated carbocycles. The molecule has 22 heavy (non-hydrogen) atoms. The van der Waals surface area contributed by atoms with Gasteiger partial charge in [-0.05, 0) is 12.0 Å². The lowest BCUT2D eigenvalue weighted by Gasteiger charge is -2.25. The molecule has 0 fully saturated rings. The predicted molar refractivity (Wildman–Crippen MR) is 81.8 cm³/mol. The molecule has 1 heterocycles.